The molecule has 0 aliphatic rings. The summed E-state index contributed by atoms with van der Waals surface area (Å²) in [5.41, 5.74) is 0.824. The van der Waals surface area contributed by atoms with Gasteiger partial charge in [0.2, 0.25) is 0 Å². The molecule has 0 fully saturated rings. The zero-order valence-corrected chi connectivity index (χ0v) is 6.82. The van der Waals surface area contributed by atoms with Gasteiger partial charge in [-0.05, 0) is 11.6 Å². The molecule has 0 radical (unpaired) electrons. The van der Waals surface area contributed by atoms with E-state index in [1.807, 2.05) is 30.3 Å². The van der Waals surface area contributed by atoms with Gasteiger partial charge in [-0.3, -0.25) is 4.79 Å². The number of hydrogen-bond donors (Lipinski definition) is 1. The Morgan fingerprint density at radius 2 is 1.92 bits per heavy atom. The molecule has 2 heteroatoms. The van der Waals surface area contributed by atoms with Crippen molar-refractivity contribution in [2.75, 3.05) is 0 Å². The first-order valence-corrected chi connectivity index (χ1v) is 3.67. The summed E-state index contributed by atoms with van der Waals surface area (Å²) in [5.74, 6) is -0.528. The third-order valence-corrected chi connectivity index (χ3v) is 1.46. The molecule has 0 unspecified atom stereocenters. The van der Waals surface area contributed by atoms with Gasteiger partial charge >= 0.3 is 0 Å². The van der Waals surface area contributed by atoms with Crippen LogP contribution in [-0.4, -0.2) is 10.9 Å². The number of Topliss-reactive ketones (excluding diaryl/α,β-unsaturated/α-hetero) is 1. The Bertz CT molecular complexity index is 299. The predicted molar refractivity (Wildman–Crippen MR) is 47.7 cm³/mol. The molecule has 1 aromatic carbocycles. The van der Waals surface area contributed by atoms with Crippen LogP contribution >= 0.6 is 0 Å². The number of ketones is 1. The molecule has 1 N–H and O–H groups in total. The van der Waals surface area contributed by atoms with E-state index < -0.39 is 0 Å². The van der Waals surface area contributed by atoms with Crippen molar-refractivity contribution < 1.29 is 9.90 Å². The van der Waals surface area contributed by atoms with Gasteiger partial charge in [-0.25, -0.2) is 0 Å². The Balaban J connectivity index is 2.89. The summed E-state index contributed by atoms with van der Waals surface area (Å²) in [7, 11) is 0. The Labute approximate surface area is 71.2 Å². The van der Waals surface area contributed by atoms with E-state index in [1.165, 1.54) is 13.0 Å². The van der Waals surface area contributed by atoms with Gasteiger partial charge < -0.3 is 5.11 Å². The Hall–Kier alpha value is -1.57. The second-order valence-corrected chi connectivity index (χ2v) is 2.50. The van der Waals surface area contributed by atoms with Gasteiger partial charge in [0.15, 0.2) is 11.5 Å². The van der Waals surface area contributed by atoms with E-state index in [0.29, 0.717) is 0 Å². The quantitative estimate of drug-likeness (QED) is 0.534. The molecule has 0 heterocycles. The third kappa shape index (κ3) is 2.23. The van der Waals surface area contributed by atoms with Crippen LogP contribution < -0.4 is 0 Å². The molecule has 0 aliphatic heterocycles. The Kier molecular flexibility index (Phi) is 2.64. The van der Waals surface area contributed by atoms with Crippen molar-refractivity contribution in [1.29, 1.82) is 0 Å². The van der Waals surface area contributed by atoms with E-state index in [4.69, 9.17) is 5.11 Å². The number of benzene rings is 1. The number of rotatable bonds is 2. The molecule has 0 saturated carbocycles. The maximum atomic E-state index is 10.6. The van der Waals surface area contributed by atoms with Gasteiger partial charge in [0.1, 0.15) is 0 Å². The largest absolute Gasteiger partial charge is 0.504 e. The van der Waals surface area contributed by atoms with Crippen molar-refractivity contribution >= 4 is 11.9 Å². The van der Waals surface area contributed by atoms with E-state index in [1.54, 1.807) is 0 Å². The summed E-state index contributed by atoms with van der Waals surface area (Å²) in [5, 5.41) is 9.09. The second-order valence-electron chi connectivity index (χ2n) is 2.50. The van der Waals surface area contributed by atoms with Crippen LogP contribution in [0, 0.1) is 0 Å². The summed E-state index contributed by atoms with van der Waals surface area (Å²) in [6, 6.07) is 9.21. The van der Waals surface area contributed by atoms with Gasteiger partial charge in [0.05, 0.1) is 0 Å². The third-order valence-electron chi connectivity index (χ3n) is 1.46. The van der Waals surface area contributed by atoms with E-state index in [0.717, 1.165) is 5.56 Å². The maximum absolute atomic E-state index is 10.6. The normalized spacial score (nSPS) is 11.2. The zero-order valence-electron chi connectivity index (χ0n) is 6.82. The highest BCUT2D eigenvalue weighted by atomic mass is 16.3. The predicted octanol–water partition coefficient (Wildman–Crippen LogP) is 2.17. The monoisotopic (exact) mass is 162 g/mol. The Morgan fingerprint density at radius 3 is 2.42 bits per heavy atom. The fourth-order valence-corrected chi connectivity index (χ4v) is 0.809. The van der Waals surface area contributed by atoms with Crippen molar-refractivity contribution in [3.8, 4) is 0 Å². The van der Waals surface area contributed by atoms with Crippen LogP contribution in [0.3, 0.4) is 0 Å². The minimum atomic E-state index is -0.321. The molecule has 62 valence electrons. The summed E-state index contributed by atoms with van der Waals surface area (Å²) in [4.78, 5) is 10.6. The van der Waals surface area contributed by atoms with Gasteiger partial charge in [-0.15, -0.1) is 0 Å². The summed E-state index contributed by atoms with van der Waals surface area (Å²) < 4.78 is 0. The Morgan fingerprint density at radius 1 is 1.33 bits per heavy atom. The summed E-state index contributed by atoms with van der Waals surface area (Å²) in [6.07, 6.45) is 1.45. The van der Waals surface area contributed by atoms with Crippen molar-refractivity contribution in [2.45, 2.75) is 6.92 Å². The fourth-order valence-electron chi connectivity index (χ4n) is 0.809. The van der Waals surface area contributed by atoms with Gasteiger partial charge in [-0.2, -0.15) is 0 Å². The molecule has 0 saturated heterocycles. The van der Waals surface area contributed by atoms with Crippen molar-refractivity contribution in [3.05, 3.63) is 41.7 Å². The maximum Gasteiger partial charge on any atom is 0.194 e. The second kappa shape index (κ2) is 3.72. The SMILES string of the molecule is CC(=O)C(O)=Cc1ccccc1. The lowest BCUT2D eigenvalue weighted by atomic mass is 10.2. The van der Waals surface area contributed by atoms with E-state index in [9.17, 15) is 4.79 Å². The fraction of sp³-hybridized carbons (Fsp3) is 0.100. The number of aliphatic hydroxyl groups is 1. The molecule has 0 spiro atoms. The first-order chi connectivity index (χ1) is 5.70. The topological polar surface area (TPSA) is 37.3 Å². The van der Waals surface area contributed by atoms with Crippen molar-refractivity contribution in [3.63, 3.8) is 0 Å². The van der Waals surface area contributed by atoms with Gasteiger partial charge in [-0.1, -0.05) is 30.3 Å². The van der Waals surface area contributed by atoms with Crippen LogP contribution in [0.1, 0.15) is 12.5 Å². The van der Waals surface area contributed by atoms with Crippen molar-refractivity contribution in [1.82, 2.24) is 0 Å². The molecule has 0 atom stereocenters. The highest BCUT2D eigenvalue weighted by Crippen LogP contribution is 2.04. The molecule has 0 aromatic heterocycles. The highest BCUT2D eigenvalue weighted by molar-refractivity contribution is 5.95. The number of carbonyl (C=O) groups excluding carboxylic acids is 1. The average Bonchev–Trinajstić information content (AvgIpc) is 2.06. The summed E-state index contributed by atoms with van der Waals surface area (Å²) >= 11 is 0. The van der Waals surface area contributed by atoms with E-state index in [2.05, 4.69) is 0 Å². The minimum absolute atomic E-state index is 0.207. The van der Waals surface area contributed by atoms with Gasteiger partial charge in [0.25, 0.3) is 0 Å². The number of carbonyl (C=O) groups is 1. The van der Waals surface area contributed by atoms with Crippen LogP contribution in [0.5, 0.6) is 0 Å². The van der Waals surface area contributed by atoms with Crippen LogP contribution in [-0.2, 0) is 4.79 Å². The number of aliphatic hydroxyl groups excluding tert-OH is 1. The van der Waals surface area contributed by atoms with E-state index >= 15 is 0 Å². The lowest BCUT2D eigenvalue weighted by molar-refractivity contribution is -0.115. The molecule has 1 rings (SSSR count). The zero-order chi connectivity index (χ0) is 8.97. The molecule has 12 heavy (non-hydrogen) atoms. The molecule has 0 bridgehead atoms. The highest BCUT2D eigenvalue weighted by Gasteiger charge is 1.98. The first kappa shape index (κ1) is 8.53. The lowest BCUT2D eigenvalue weighted by Gasteiger charge is -1.93. The smallest absolute Gasteiger partial charge is 0.194 e. The number of hydrogen-bond acceptors (Lipinski definition) is 2. The molecule has 2 nitrogen and oxygen atoms in total. The van der Waals surface area contributed by atoms with Crippen molar-refractivity contribution in [2.24, 2.45) is 0 Å². The molecule has 1 aromatic rings. The van der Waals surface area contributed by atoms with Crippen LogP contribution in [0.4, 0.5) is 0 Å². The van der Waals surface area contributed by atoms with Crippen LogP contribution in [0.25, 0.3) is 6.08 Å². The lowest BCUT2D eigenvalue weighted by Crippen LogP contribution is -1.93. The summed E-state index contributed by atoms with van der Waals surface area (Å²) in [6.45, 7) is 1.33. The molecular formula is C10H10O2. The van der Waals surface area contributed by atoms with Gasteiger partial charge in [0, 0.05) is 6.92 Å². The molecule has 0 aliphatic carbocycles. The molecular weight excluding hydrogens is 152 g/mol. The molecule has 0 amide bonds. The van der Waals surface area contributed by atoms with E-state index in [-0.39, 0.29) is 11.5 Å². The van der Waals surface area contributed by atoms with Crippen LogP contribution in [0.15, 0.2) is 36.1 Å². The minimum Gasteiger partial charge on any atom is -0.504 e. The average molecular weight is 162 g/mol. The number of allylic oxidation sites excluding steroid dienone is 1. The standard InChI is InChI=1S/C10H10O2/c1-8(11)10(12)7-9-5-3-2-4-6-9/h2-7,12H,1H3. The first-order valence-electron chi connectivity index (χ1n) is 3.67. The van der Waals surface area contributed by atoms with Crippen LogP contribution in [0.2, 0.25) is 0 Å².